The van der Waals surface area contributed by atoms with Crippen molar-refractivity contribution >= 4 is 11.6 Å². The highest BCUT2D eigenvalue weighted by Crippen LogP contribution is 2.25. The molecule has 0 radical (unpaired) electrons. The lowest BCUT2D eigenvalue weighted by Gasteiger charge is -2.12. The van der Waals surface area contributed by atoms with Gasteiger partial charge in [0.25, 0.3) is 0 Å². The van der Waals surface area contributed by atoms with E-state index in [9.17, 15) is 4.39 Å². The van der Waals surface area contributed by atoms with Crippen LogP contribution in [0.15, 0.2) is 36.4 Å². The molecule has 1 atom stereocenters. The van der Waals surface area contributed by atoms with E-state index in [1.807, 2.05) is 0 Å². The molecule has 112 valence electrons. The van der Waals surface area contributed by atoms with Gasteiger partial charge in [0.05, 0.1) is 7.11 Å². The van der Waals surface area contributed by atoms with E-state index in [1.165, 1.54) is 6.07 Å². The third kappa shape index (κ3) is 3.86. The molecule has 5 heteroatoms. The average molecular weight is 310 g/mol. The topological polar surface area (TPSA) is 44.5 Å². The first kappa shape index (κ1) is 15.6. The molecule has 2 N–H and O–H groups in total. The Morgan fingerprint density at radius 2 is 2.00 bits per heavy atom. The molecule has 3 nitrogen and oxygen atoms in total. The van der Waals surface area contributed by atoms with Crippen molar-refractivity contribution in [1.82, 2.24) is 0 Å². The fourth-order valence-corrected chi connectivity index (χ4v) is 2.18. The van der Waals surface area contributed by atoms with Crippen LogP contribution in [0.4, 0.5) is 4.39 Å². The maximum Gasteiger partial charge on any atom is 0.131 e. The Morgan fingerprint density at radius 1 is 1.24 bits per heavy atom. The molecule has 2 aromatic rings. The second-order valence-corrected chi connectivity index (χ2v) is 5.15. The van der Waals surface area contributed by atoms with Gasteiger partial charge in [-0.05, 0) is 31.2 Å². The average Bonchev–Trinajstić information content (AvgIpc) is 2.45. The Labute approximate surface area is 128 Å². The zero-order valence-electron chi connectivity index (χ0n) is 11.9. The molecule has 0 spiro atoms. The molecule has 0 saturated carbocycles. The number of ether oxygens (including phenoxy) is 2. The number of rotatable bonds is 5. The SMILES string of the molecule is COc1ccc(Cl)cc1COc1ccc([C@H](C)N)c(F)c1. The first-order valence-corrected chi connectivity index (χ1v) is 6.89. The zero-order chi connectivity index (χ0) is 15.4. The Hall–Kier alpha value is -1.78. The highest BCUT2D eigenvalue weighted by molar-refractivity contribution is 6.30. The number of hydrogen-bond donors (Lipinski definition) is 1. The Bertz CT molecular complexity index is 632. The Balaban J connectivity index is 2.13. The first-order chi connectivity index (χ1) is 10.0. The van der Waals surface area contributed by atoms with Crippen LogP contribution >= 0.6 is 11.6 Å². The van der Waals surface area contributed by atoms with E-state index >= 15 is 0 Å². The predicted molar refractivity (Wildman–Crippen MR) is 81.3 cm³/mol. The van der Waals surface area contributed by atoms with Gasteiger partial charge in [-0.15, -0.1) is 0 Å². The van der Waals surface area contributed by atoms with Crippen molar-refractivity contribution in [3.63, 3.8) is 0 Å². The zero-order valence-corrected chi connectivity index (χ0v) is 12.7. The standard InChI is InChI=1S/C16H17ClFNO2/c1-10(19)14-5-4-13(8-15(14)18)21-9-11-7-12(17)3-6-16(11)20-2/h3-8,10H,9,19H2,1-2H3/t10-/m0/s1. The van der Waals surface area contributed by atoms with Crippen LogP contribution in [-0.2, 0) is 6.61 Å². The van der Waals surface area contributed by atoms with Gasteiger partial charge in [-0.25, -0.2) is 4.39 Å². The summed E-state index contributed by atoms with van der Waals surface area (Å²) < 4.78 is 24.6. The summed E-state index contributed by atoms with van der Waals surface area (Å²) in [5.74, 6) is 0.728. The molecule has 0 aromatic heterocycles. The van der Waals surface area contributed by atoms with Crippen LogP contribution in [0, 0.1) is 5.82 Å². The van der Waals surface area contributed by atoms with E-state index in [-0.39, 0.29) is 18.5 Å². The van der Waals surface area contributed by atoms with Gasteiger partial charge >= 0.3 is 0 Å². The minimum absolute atomic E-state index is 0.237. The molecule has 0 amide bonds. The third-order valence-electron chi connectivity index (χ3n) is 3.10. The number of benzene rings is 2. The van der Waals surface area contributed by atoms with Crippen molar-refractivity contribution in [3.8, 4) is 11.5 Å². The lowest BCUT2D eigenvalue weighted by molar-refractivity contribution is 0.295. The van der Waals surface area contributed by atoms with Crippen LogP contribution in [0.5, 0.6) is 11.5 Å². The maximum absolute atomic E-state index is 13.8. The van der Waals surface area contributed by atoms with Gasteiger partial charge in [0.15, 0.2) is 0 Å². The molecular weight excluding hydrogens is 293 g/mol. The van der Waals surface area contributed by atoms with Crippen LogP contribution in [0.2, 0.25) is 5.02 Å². The number of nitrogens with two attached hydrogens (primary N) is 1. The summed E-state index contributed by atoms with van der Waals surface area (Å²) in [7, 11) is 1.57. The van der Waals surface area contributed by atoms with Gasteiger partial charge in [-0.3, -0.25) is 0 Å². The molecule has 0 bridgehead atoms. The first-order valence-electron chi connectivity index (χ1n) is 6.51. The summed E-state index contributed by atoms with van der Waals surface area (Å²) >= 11 is 5.95. The van der Waals surface area contributed by atoms with Gasteiger partial charge in [0.2, 0.25) is 0 Å². The van der Waals surface area contributed by atoms with Crippen molar-refractivity contribution in [1.29, 1.82) is 0 Å². The minimum Gasteiger partial charge on any atom is -0.496 e. The van der Waals surface area contributed by atoms with Crippen molar-refractivity contribution in [2.24, 2.45) is 5.73 Å². The van der Waals surface area contributed by atoms with Gasteiger partial charge in [0.1, 0.15) is 23.9 Å². The van der Waals surface area contributed by atoms with Crippen molar-refractivity contribution in [2.45, 2.75) is 19.6 Å². The van der Waals surface area contributed by atoms with Crippen LogP contribution < -0.4 is 15.2 Å². The number of hydrogen-bond acceptors (Lipinski definition) is 3. The van der Waals surface area contributed by atoms with Crippen molar-refractivity contribution in [3.05, 3.63) is 58.4 Å². The monoisotopic (exact) mass is 309 g/mol. The van der Waals surface area contributed by atoms with Gasteiger partial charge in [0, 0.05) is 28.3 Å². The summed E-state index contributed by atoms with van der Waals surface area (Å²) in [6.07, 6.45) is 0. The smallest absolute Gasteiger partial charge is 0.131 e. The third-order valence-corrected chi connectivity index (χ3v) is 3.33. The van der Waals surface area contributed by atoms with Crippen LogP contribution in [-0.4, -0.2) is 7.11 Å². The summed E-state index contributed by atoms with van der Waals surface area (Å²) in [5, 5.41) is 0.591. The molecular formula is C16H17ClFNO2. The van der Waals surface area contributed by atoms with Gasteiger partial charge in [-0.2, -0.15) is 0 Å². The summed E-state index contributed by atoms with van der Waals surface area (Å²) in [4.78, 5) is 0. The summed E-state index contributed by atoms with van der Waals surface area (Å²) in [6.45, 7) is 1.97. The van der Waals surface area contributed by atoms with E-state index in [1.54, 1.807) is 44.4 Å². The van der Waals surface area contributed by atoms with E-state index in [4.69, 9.17) is 26.8 Å². The summed E-state index contributed by atoms with van der Waals surface area (Å²) in [6, 6.07) is 9.56. The molecule has 0 saturated heterocycles. The molecule has 0 aliphatic heterocycles. The van der Waals surface area contributed by atoms with Crippen LogP contribution in [0.25, 0.3) is 0 Å². The molecule has 0 aliphatic rings. The van der Waals surface area contributed by atoms with Crippen molar-refractivity contribution in [2.75, 3.05) is 7.11 Å². The number of methoxy groups -OCH3 is 1. The molecule has 2 aromatic carbocycles. The maximum atomic E-state index is 13.8. The quantitative estimate of drug-likeness (QED) is 0.905. The second kappa shape index (κ2) is 6.78. The molecule has 2 rings (SSSR count). The Kier molecular flexibility index (Phi) is 5.04. The van der Waals surface area contributed by atoms with Gasteiger partial charge < -0.3 is 15.2 Å². The predicted octanol–water partition coefficient (Wildman–Crippen LogP) is 4.09. The minimum atomic E-state index is -0.374. The van der Waals surface area contributed by atoms with E-state index in [0.717, 1.165) is 5.56 Å². The second-order valence-electron chi connectivity index (χ2n) is 4.72. The molecule has 0 aliphatic carbocycles. The largest absolute Gasteiger partial charge is 0.496 e. The summed E-state index contributed by atoms with van der Waals surface area (Å²) in [5.41, 5.74) is 6.93. The normalized spacial score (nSPS) is 12.0. The van der Waals surface area contributed by atoms with Crippen LogP contribution in [0.1, 0.15) is 24.1 Å². The molecule has 21 heavy (non-hydrogen) atoms. The molecule has 0 unspecified atom stereocenters. The fourth-order valence-electron chi connectivity index (χ4n) is 1.99. The molecule has 0 fully saturated rings. The van der Waals surface area contributed by atoms with Crippen LogP contribution in [0.3, 0.4) is 0 Å². The highest BCUT2D eigenvalue weighted by atomic mass is 35.5. The number of halogens is 2. The lowest BCUT2D eigenvalue weighted by Crippen LogP contribution is -2.07. The van der Waals surface area contributed by atoms with Gasteiger partial charge in [-0.1, -0.05) is 17.7 Å². The lowest BCUT2D eigenvalue weighted by atomic mass is 10.1. The van der Waals surface area contributed by atoms with E-state index < -0.39 is 0 Å². The van der Waals surface area contributed by atoms with E-state index in [2.05, 4.69) is 0 Å². The molecule has 0 heterocycles. The van der Waals surface area contributed by atoms with E-state index in [0.29, 0.717) is 22.1 Å². The van der Waals surface area contributed by atoms with Crippen molar-refractivity contribution < 1.29 is 13.9 Å². The highest BCUT2D eigenvalue weighted by Gasteiger charge is 2.09. The fraction of sp³-hybridized carbons (Fsp3) is 0.250. The Morgan fingerprint density at radius 3 is 2.62 bits per heavy atom.